The average molecular weight is 237 g/mol. The molecule has 0 aromatic heterocycles. The van der Waals surface area contributed by atoms with Crippen molar-refractivity contribution in [2.45, 2.75) is 0 Å². The van der Waals surface area contributed by atoms with Crippen molar-refractivity contribution in [2.75, 3.05) is 0 Å². The highest BCUT2D eigenvalue weighted by molar-refractivity contribution is 6.31. The van der Waals surface area contributed by atoms with Crippen molar-refractivity contribution in [1.82, 2.24) is 0 Å². The highest BCUT2D eigenvalue weighted by Crippen LogP contribution is 2.22. The van der Waals surface area contributed by atoms with E-state index in [1.165, 1.54) is 0 Å². The summed E-state index contributed by atoms with van der Waals surface area (Å²) in [5.41, 5.74) is 0.282. The zero-order valence-electron chi connectivity index (χ0n) is 7.20. The van der Waals surface area contributed by atoms with Crippen LogP contribution in [0.3, 0.4) is 0 Å². The third-order valence-corrected chi connectivity index (χ3v) is 2.31. The molecule has 76 valence electrons. The Morgan fingerprint density at radius 2 is 1.93 bits per heavy atom. The van der Waals surface area contributed by atoms with Crippen LogP contribution in [0.2, 0.25) is 5.02 Å². The van der Waals surface area contributed by atoms with Gasteiger partial charge in [-0.05, 0) is 29.0 Å². The monoisotopic (exact) mass is 236 g/mol. The third-order valence-electron chi connectivity index (χ3n) is 2.07. The maximum atomic E-state index is 10.9. The van der Waals surface area contributed by atoms with E-state index in [0.717, 1.165) is 5.39 Å². The van der Waals surface area contributed by atoms with Crippen LogP contribution in [0, 0.1) is 0 Å². The molecule has 4 heteroatoms. The Labute approximate surface area is 103 Å². The number of rotatable bonds is 1. The zero-order valence-corrected chi connectivity index (χ0v) is 7.95. The lowest BCUT2D eigenvalue weighted by atomic mass is 10.1. The van der Waals surface area contributed by atoms with Crippen molar-refractivity contribution in [3.8, 4) is 0 Å². The summed E-state index contributed by atoms with van der Waals surface area (Å²) in [6, 6.07) is 10.4. The predicted molar refractivity (Wildman–Crippen MR) is 65.9 cm³/mol. The molecule has 0 atom stereocenters. The molecule has 0 radical (unpaired) electrons. The molecule has 0 unspecified atom stereocenters. The fraction of sp³-hybridized carbons (Fsp3) is 0. The molecule has 2 rings (SSSR count). The summed E-state index contributed by atoms with van der Waals surface area (Å²) in [7, 11) is 0. The molecular formula is C11H10AlClO2. The number of fused-ring (bicyclic) bond motifs is 1. The maximum Gasteiger partial charge on any atom is 0.336 e. The van der Waals surface area contributed by atoms with Crippen molar-refractivity contribution in [3.63, 3.8) is 0 Å². The summed E-state index contributed by atoms with van der Waals surface area (Å²) < 4.78 is 0. The Kier molecular flexibility index (Phi) is 3.76. The molecule has 15 heavy (non-hydrogen) atoms. The van der Waals surface area contributed by atoms with Crippen molar-refractivity contribution in [1.29, 1.82) is 0 Å². The molecule has 1 N–H and O–H groups in total. The summed E-state index contributed by atoms with van der Waals surface area (Å²) in [5.74, 6) is -0.933. The van der Waals surface area contributed by atoms with Crippen LogP contribution in [0.25, 0.3) is 10.8 Å². The molecular weight excluding hydrogens is 227 g/mol. The second-order valence-corrected chi connectivity index (χ2v) is 3.41. The molecule has 2 aromatic rings. The lowest BCUT2D eigenvalue weighted by Crippen LogP contribution is -1.96. The minimum atomic E-state index is -0.933. The molecule has 0 aliphatic rings. The molecule has 0 aliphatic heterocycles. The van der Waals surface area contributed by atoms with E-state index in [9.17, 15) is 4.79 Å². The first-order valence-corrected chi connectivity index (χ1v) is 4.48. The van der Waals surface area contributed by atoms with E-state index in [1.807, 2.05) is 12.1 Å². The van der Waals surface area contributed by atoms with E-state index in [1.54, 1.807) is 24.3 Å². The first kappa shape index (κ1) is 12.1. The van der Waals surface area contributed by atoms with Crippen LogP contribution in [0.4, 0.5) is 0 Å². The molecule has 0 heterocycles. The summed E-state index contributed by atoms with van der Waals surface area (Å²) in [6.07, 6.45) is 0. The molecule has 0 aliphatic carbocycles. The number of hydrogen-bond donors (Lipinski definition) is 1. The number of carboxylic acids is 1. The van der Waals surface area contributed by atoms with Gasteiger partial charge in [0.15, 0.2) is 17.4 Å². The van der Waals surface area contributed by atoms with Gasteiger partial charge in [-0.25, -0.2) is 4.79 Å². The summed E-state index contributed by atoms with van der Waals surface area (Å²) in [4.78, 5) is 10.9. The molecule has 0 saturated carbocycles. The average Bonchev–Trinajstić information content (AvgIpc) is 2.16. The number of halogens is 1. The van der Waals surface area contributed by atoms with E-state index < -0.39 is 5.97 Å². The van der Waals surface area contributed by atoms with Crippen LogP contribution in [-0.2, 0) is 0 Å². The van der Waals surface area contributed by atoms with Gasteiger partial charge in [0.2, 0.25) is 0 Å². The van der Waals surface area contributed by atoms with Gasteiger partial charge in [0.05, 0.1) is 5.56 Å². The van der Waals surface area contributed by atoms with Gasteiger partial charge >= 0.3 is 5.97 Å². The Morgan fingerprint density at radius 3 is 2.60 bits per heavy atom. The standard InChI is InChI=1S/C11H7ClO2.Al.3H/c12-8-5-4-7-2-1-3-9(11(13)14)10(7)6-8;;;;/h1-6H,(H,13,14);;;;. The summed E-state index contributed by atoms with van der Waals surface area (Å²) in [6.45, 7) is 0. The van der Waals surface area contributed by atoms with Crippen molar-refractivity contribution in [3.05, 3.63) is 47.0 Å². The molecule has 0 bridgehead atoms. The molecule has 0 fully saturated rings. The van der Waals surface area contributed by atoms with Gasteiger partial charge in [0, 0.05) is 5.02 Å². The second-order valence-electron chi connectivity index (χ2n) is 2.98. The molecule has 0 saturated heterocycles. The largest absolute Gasteiger partial charge is 0.478 e. The Bertz CT molecular complexity index is 511. The highest BCUT2D eigenvalue weighted by atomic mass is 35.5. The third kappa shape index (κ3) is 2.32. The van der Waals surface area contributed by atoms with Gasteiger partial charge in [0.1, 0.15) is 0 Å². The van der Waals surface area contributed by atoms with E-state index >= 15 is 0 Å². The normalized spacial score (nSPS) is 9.67. The zero-order chi connectivity index (χ0) is 10.1. The SMILES string of the molecule is O=C(O)c1cccc2ccc(Cl)cc12.[AlH3]. The fourth-order valence-electron chi connectivity index (χ4n) is 1.43. The lowest BCUT2D eigenvalue weighted by molar-refractivity contribution is 0.0699. The van der Waals surface area contributed by atoms with E-state index in [0.29, 0.717) is 10.4 Å². The van der Waals surface area contributed by atoms with Crippen molar-refractivity contribution >= 4 is 45.7 Å². The highest BCUT2D eigenvalue weighted by Gasteiger charge is 2.07. The van der Waals surface area contributed by atoms with Crippen LogP contribution >= 0.6 is 11.6 Å². The van der Waals surface area contributed by atoms with Crippen LogP contribution < -0.4 is 0 Å². The minimum absolute atomic E-state index is 0. The number of carbonyl (C=O) groups is 1. The van der Waals surface area contributed by atoms with Gasteiger partial charge in [0.25, 0.3) is 0 Å². The second kappa shape index (κ2) is 4.67. The minimum Gasteiger partial charge on any atom is -0.478 e. The van der Waals surface area contributed by atoms with Crippen LogP contribution in [0.15, 0.2) is 36.4 Å². The van der Waals surface area contributed by atoms with E-state index in [4.69, 9.17) is 16.7 Å². The van der Waals surface area contributed by atoms with Gasteiger partial charge < -0.3 is 5.11 Å². The molecule has 0 amide bonds. The van der Waals surface area contributed by atoms with Gasteiger partial charge in [-0.15, -0.1) is 0 Å². The van der Waals surface area contributed by atoms with E-state index in [-0.39, 0.29) is 22.9 Å². The summed E-state index contributed by atoms with van der Waals surface area (Å²) >= 11 is 5.80. The Hall–Kier alpha value is -1.01. The molecule has 0 spiro atoms. The number of benzene rings is 2. The first-order valence-electron chi connectivity index (χ1n) is 4.10. The quantitative estimate of drug-likeness (QED) is 0.769. The maximum absolute atomic E-state index is 10.9. The van der Waals surface area contributed by atoms with Crippen LogP contribution in [0.5, 0.6) is 0 Å². The number of carboxylic acid groups (broad SMARTS) is 1. The number of aromatic carboxylic acids is 1. The van der Waals surface area contributed by atoms with Crippen molar-refractivity contribution < 1.29 is 9.90 Å². The smallest absolute Gasteiger partial charge is 0.336 e. The number of hydrogen-bond acceptors (Lipinski definition) is 1. The molecule has 2 aromatic carbocycles. The van der Waals surface area contributed by atoms with Crippen LogP contribution in [0.1, 0.15) is 10.4 Å². The molecule has 2 nitrogen and oxygen atoms in total. The van der Waals surface area contributed by atoms with Crippen molar-refractivity contribution in [2.24, 2.45) is 0 Å². The fourth-order valence-corrected chi connectivity index (χ4v) is 1.60. The summed E-state index contributed by atoms with van der Waals surface area (Å²) in [5, 5.41) is 11.0. The Balaban J connectivity index is 0.00000112. The predicted octanol–water partition coefficient (Wildman–Crippen LogP) is 2.01. The Morgan fingerprint density at radius 1 is 1.20 bits per heavy atom. The van der Waals surface area contributed by atoms with Gasteiger partial charge in [-0.1, -0.05) is 29.8 Å². The lowest BCUT2D eigenvalue weighted by Gasteiger charge is -2.02. The van der Waals surface area contributed by atoms with Gasteiger partial charge in [-0.2, -0.15) is 0 Å². The van der Waals surface area contributed by atoms with Crippen LogP contribution in [-0.4, -0.2) is 28.4 Å². The van der Waals surface area contributed by atoms with E-state index in [2.05, 4.69) is 0 Å². The van der Waals surface area contributed by atoms with Gasteiger partial charge in [-0.3, -0.25) is 0 Å². The first-order chi connectivity index (χ1) is 6.68. The topological polar surface area (TPSA) is 37.3 Å².